The molecule has 0 saturated heterocycles. The van der Waals surface area contributed by atoms with Crippen LogP contribution < -0.4 is 5.32 Å². The molecule has 2 aliphatic rings. The molecule has 1 N–H and O–H groups in total. The lowest BCUT2D eigenvalue weighted by Crippen LogP contribution is -2.35. The minimum absolute atomic E-state index is 0.559. The van der Waals surface area contributed by atoms with Crippen molar-refractivity contribution in [1.82, 2.24) is 20.1 Å². The third-order valence-corrected chi connectivity index (χ3v) is 5.76. The van der Waals surface area contributed by atoms with Gasteiger partial charge in [0, 0.05) is 30.8 Å². The molecule has 1 fully saturated rings. The predicted molar refractivity (Wildman–Crippen MR) is 87.8 cm³/mol. The normalized spacial score (nSPS) is 21.8. The summed E-state index contributed by atoms with van der Waals surface area (Å²) in [6, 6.07) is 0.748. The van der Waals surface area contributed by atoms with E-state index in [9.17, 15) is 0 Å². The first-order valence-electron chi connectivity index (χ1n) is 8.65. The van der Waals surface area contributed by atoms with E-state index < -0.39 is 0 Å². The molecule has 4 nitrogen and oxygen atoms in total. The molecule has 1 aromatic heterocycles. The van der Waals surface area contributed by atoms with Crippen LogP contribution in [0.1, 0.15) is 64.1 Å². The first-order chi connectivity index (χ1) is 10.3. The molecule has 0 aromatic carbocycles. The second kappa shape index (κ2) is 7.63. The molecule has 5 heteroatoms. The van der Waals surface area contributed by atoms with Gasteiger partial charge in [-0.05, 0) is 25.7 Å². The molecule has 1 aliphatic carbocycles. The van der Waals surface area contributed by atoms with Crippen molar-refractivity contribution in [2.75, 3.05) is 6.54 Å². The summed E-state index contributed by atoms with van der Waals surface area (Å²) in [7, 11) is 0. The summed E-state index contributed by atoms with van der Waals surface area (Å²) < 4.78 is 2.36. The molecule has 3 rings (SSSR count). The fraction of sp³-hybridized carbons (Fsp3) is 0.875. The minimum atomic E-state index is 0.559. The average Bonchev–Trinajstić information content (AvgIpc) is 2.74. The van der Waals surface area contributed by atoms with Gasteiger partial charge in [0.25, 0.3) is 0 Å². The number of aromatic nitrogens is 3. The highest BCUT2D eigenvalue weighted by Gasteiger charge is 2.18. The molecule has 0 bridgehead atoms. The minimum Gasteiger partial charge on any atom is -0.313 e. The zero-order chi connectivity index (χ0) is 14.5. The summed E-state index contributed by atoms with van der Waals surface area (Å²) in [5.41, 5.74) is 0. The van der Waals surface area contributed by atoms with Crippen LogP contribution in [0.4, 0.5) is 0 Å². The lowest BCUT2D eigenvalue weighted by Gasteiger charge is -2.24. The Morgan fingerprint density at radius 1 is 1.14 bits per heavy atom. The zero-order valence-corrected chi connectivity index (χ0v) is 14.0. The van der Waals surface area contributed by atoms with Crippen LogP contribution in [0.15, 0.2) is 5.16 Å². The number of rotatable bonds is 5. The van der Waals surface area contributed by atoms with Gasteiger partial charge in [0.15, 0.2) is 5.16 Å². The molecule has 0 spiro atoms. The van der Waals surface area contributed by atoms with Crippen LogP contribution in [0, 0.1) is 0 Å². The van der Waals surface area contributed by atoms with Gasteiger partial charge < -0.3 is 9.88 Å². The molecular weight excluding hydrogens is 280 g/mol. The SMILES string of the molecule is CC(CNC1CCCCC1)Sc1nnc2n1CCCCC2. The number of aryl methyl sites for hydroxylation is 1. The maximum absolute atomic E-state index is 4.42. The third-order valence-electron chi connectivity index (χ3n) is 4.68. The molecule has 21 heavy (non-hydrogen) atoms. The quantitative estimate of drug-likeness (QED) is 0.847. The number of nitrogens with one attached hydrogen (secondary N) is 1. The van der Waals surface area contributed by atoms with Crippen LogP contribution in [0.25, 0.3) is 0 Å². The summed E-state index contributed by atoms with van der Waals surface area (Å²) in [5.74, 6) is 1.20. The highest BCUT2D eigenvalue weighted by molar-refractivity contribution is 7.99. The van der Waals surface area contributed by atoms with E-state index >= 15 is 0 Å². The largest absolute Gasteiger partial charge is 0.313 e. The maximum atomic E-state index is 4.42. The summed E-state index contributed by atoms with van der Waals surface area (Å²) in [6.07, 6.45) is 11.9. The van der Waals surface area contributed by atoms with Crippen molar-refractivity contribution in [2.24, 2.45) is 0 Å². The van der Waals surface area contributed by atoms with Crippen molar-refractivity contribution in [3.8, 4) is 0 Å². The Morgan fingerprint density at radius 3 is 2.81 bits per heavy atom. The molecule has 118 valence electrons. The van der Waals surface area contributed by atoms with Gasteiger partial charge >= 0.3 is 0 Å². The Bertz CT molecular complexity index is 439. The van der Waals surface area contributed by atoms with Gasteiger partial charge in [0.2, 0.25) is 0 Å². The van der Waals surface area contributed by atoms with E-state index in [1.54, 1.807) is 0 Å². The Hall–Kier alpha value is -0.550. The Labute approximate surface area is 132 Å². The van der Waals surface area contributed by atoms with Gasteiger partial charge in [0.1, 0.15) is 5.82 Å². The Balaban J connectivity index is 1.50. The van der Waals surface area contributed by atoms with E-state index in [0.717, 1.165) is 30.7 Å². The lowest BCUT2D eigenvalue weighted by atomic mass is 9.95. The molecule has 0 radical (unpaired) electrons. The fourth-order valence-corrected chi connectivity index (χ4v) is 4.36. The summed E-state index contributed by atoms with van der Waals surface area (Å²) in [4.78, 5) is 0. The van der Waals surface area contributed by atoms with Gasteiger partial charge in [-0.25, -0.2) is 0 Å². The lowest BCUT2D eigenvalue weighted by molar-refractivity contribution is 0.375. The molecule has 1 unspecified atom stereocenters. The van der Waals surface area contributed by atoms with E-state index in [-0.39, 0.29) is 0 Å². The van der Waals surface area contributed by atoms with Crippen molar-refractivity contribution < 1.29 is 0 Å². The Morgan fingerprint density at radius 2 is 1.95 bits per heavy atom. The van der Waals surface area contributed by atoms with Gasteiger partial charge in [-0.3, -0.25) is 0 Å². The smallest absolute Gasteiger partial charge is 0.191 e. The van der Waals surface area contributed by atoms with Crippen LogP contribution in [0.5, 0.6) is 0 Å². The second-order valence-corrected chi connectivity index (χ2v) is 7.94. The van der Waals surface area contributed by atoms with Gasteiger partial charge in [-0.2, -0.15) is 0 Å². The molecule has 1 atom stereocenters. The monoisotopic (exact) mass is 308 g/mol. The van der Waals surface area contributed by atoms with Crippen molar-refractivity contribution >= 4 is 11.8 Å². The van der Waals surface area contributed by atoms with E-state index in [1.807, 2.05) is 11.8 Å². The van der Waals surface area contributed by atoms with E-state index in [1.165, 1.54) is 57.2 Å². The van der Waals surface area contributed by atoms with Crippen LogP contribution in [-0.4, -0.2) is 32.6 Å². The maximum Gasteiger partial charge on any atom is 0.191 e. The number of hydrogen-bond donors (Lipinski definition) is 1. The highest BCUT2D eigenvalue weighted by Crippen LogP contribution is 2.25. The van der Waals surface area contributed by atoms with Gasteiger partial charge in [-0.15, -0.1) is 10.2 Å². The number of fused-ring (bicyclic) bond motifs is 1. The van der Waals surface area contributed by atoms with Crippen LogP contribution in [0.3, 0.4) is 0 Å². The molecule has 1 aromatic rings. The van der Waals surface area contributed by atoms with E-state index in [4.69, 9.17) is 0 Å². The fourth-order valence-electron chi connectivity index (χ4n) is 3.41. The molecule has 2 heterocycles. The third kappa shape index (κ3) is 4.22. The van der Waals surface area contributed by atoms with Crippen molar-refractivity contribution in [2.45, 2.75) is 87.7 Å². The topological polar surface area (TPSA) is 42.7 Å². The van der Waals surface area contributed by atoms with Crippen molar-refractivity contribution in [3.05, 3.63) is 5.82 Å². The number of nitrogens with zero attached hydrogens (tertiary/aromatic N) is 3. The first-order valence-corrected chi connectivity index (χ1v) is 9.53. The highest BCUT2D eigenvalue weighted by atomic mass is 32.2. The number of hydrogen-bond acceptors (Lipinski definition) is 4. The Kier molecular flexibility index (Phi) is 5.58. The standard InChI is InChI=1S/C16H28N4S/c1-13(12-17-14-8-4-2-5-9-14)21-16-19-18-15-10-6-3-7-11-20(15)16/h13-14,17H,2-12H2,1H3. The predicted octanol–water partition coefficient (Wildman–Crippen LogP) is 3.41. The van der Waals surface area contributed by atoms with Crippen LogP contribution in [-0.2, 0) is 13.0 Å². The summed E-state index contributed by atoms with van der Waals surface area (Å²) >= 11 is 1.89. The first kappa shape index (κ1) is 15.3. The van der Waals surface area contributed by atoms with Gasteiger partial charge in [0.05, 0.1) is 0 Å². The number of thioether (sulfide) groups is 1. The van der Waals surface area contributed by atoms with Crippen LogP contribution >= 0.6 is 11.8 Å². The zero-order valence-electron chi connectivity index (χ0n) is 13.2. The van der Waals surface area contributed by atoms with Crippen molar-refractivity contribution in [3.63, 3.8) is 0 Å². The molecule has 1 saturated carbocycles. The second-order valence-electron chi connectivity index (χ2n) is 6.53. The summed E-state index contributed by atoms with van der Waals surface area (Å²) in [6.45, 7) is 4.49. The molecular formula is C16H28N4S. The molecule has 1 aliphatic heterocycles. The van der Waals surface area contributed by atoms with Crippen LogP contribution in [0.2, 0.25) is 0 Å². The van der Waals surface area contributed by atoms with Gasteiger partial charge in [-0.1, -0.05) is 44.4 Å². The van der Waals surface area contributed by atoms with E-state index in [2.05, 4.69) is 27.0 Å². The summed E-state index contributed by atoms with van der Waals surface area (Å²) in [5, 5.41) is 14.3. The van der Waals surface area contributed by atoms with Crippen molar-refractivity contribution in [1.29, 1.82) is 0 Å². The van der Waals surface area contributed by atoms with E-state index in [0.29, 0.717) is 5.25 Å². The average molecular weight is 308 g/mol. The molecule has 0 amide bonds.